The molecule has 1 aromatic heterocycles. The summed E-state index contributed by atoms with van der Waals surface area (Å²) >= 11 is 0. The highest BCUT2D eigenvalue weighted by Crippen LogP contribution is 2.32. The Bertz CT molecular complexity index is 653. The number of benzene rings is 1. The highest BCUT2D eigenvalue weighted by molar-refractivity contribution is 5.87. The van der Waals surface area contributed by atoms with Gasteiger partial charge >= 0.3 is 0 Å². The molecule has 20 heavy (non-hydrogen) atoms. The summed E-state index contributed by atoms with van der Waals surface area (Å²) in [6.07, 6.45) is 0. The minimum absolute atomic E-state index is 0.0860. The third-order valence-electron chi connectivity index (χ3n) is 2.71. The molecule has 0 atom stereocenters. The Morgan fingerprint density at radius 1 is 1.45 bits per heavy atom. The van der Waals surface area contributed by atoms with Crippen molar-refractivity contribution in [3.8, 4) is 11.8 Å². The van der Waals surface area contributed by atoms with Crippen LogP contribution in [0.5, 0.6) is 5.75 Å². The molecule has 2 rings (SSSR count). The second-order valence-corrected chi connectivity index (χ2v) is 4.85. The standard InChI is InChI=1S/C15H16N2O3/c1-10(2)8-17-14(18)9-19-15-11-5-3-4-6-12(11)20-13(15)7-16/h3-6,10H,8-9H2,1-2H3,(H,17,18). The van der Waals surface area contributed by atoms with Gasteiger partial charge in [-0.15, -0.1) is 0 Å². The molecule has 5 nitrogen and oxygen atoms in total. The number of rotatable bonds is 5. The predicted molar refractivity (Wildman–Crippen MR) is 74.3 cm³/mol. The molecule has 0 aliphatic carbocycles. The number of hydrogen-bond donors (Lipinski definition) is 1. The molecule has 0 aliphatic heterocycles. The van der Waals surface area contributed by atoms with E-state index >= 15 is 0 Å². The van der Waals surface area contributed by atoms with Gasteiger partial charge in [-0.2, -0.15) is 5.26 Å². The summed E-state index contributed by atoms with van der Waals surface area (Å²) in [6.45, 7) is 4.49. The first-order valence-corrected chi connectivity index (χ1v) is 6.43. The summed E-state index contributed by atoms with van der Waals surface area (Å²) in [4.78, 5) is 11.6. The van der Waals surface area contributed by atoms with Crippen molar-refractivity contribution < 1.29 is 13.9 Å². The number of carbonyl (C=O) groups is 1. The van der Waals surface area contributed by atoms with E-state index in [1.54, 1.807) is 12.1 Å². The largest absolute Gasteiger partial charge is 0.478 e. The van der Waals surface area contributed by atoms with Gasteiger partial charge in [-0.05, 0) is 18.1 Å². The number of fused-ring (bicyclic) bond motifs is 1. The molecule has 104 valence electrons. The van der Waals surface area contributed by atoms with Gasteiger partial charge in [0.1, 0.15) is 11.7 Å². The second kappa shape index (κ2) is 6.11. The van der Waals surface area contributed by atoms with Crippen molar-refractivity contribution in [1.82, 2.24) is 5.32 Å². The number of nitrogens with zero attached hydrogens (tertiary/aromatic N) is 1. The van der Waals surface area contributed by atoms with E-state index in [4.69, 9.17) is 14.4 Å². The summed E-state index contributed by atoms with van der Waals surface area (Å²) in [5.74, 6) is 0.571. The van der Waals surface area contributed by atoms with Gasteiger partial charge in [-0.3, -0.25) is 4.79 Å². The molecule has 0 unspecified atom stereocenters. The lowest BCUT2D eigenvalue weighted by Gasteiger charge is -2.08. The SMILES string of the molecule is CC(C)CNC(=O)COc1c(C#N)oc2ccccc12. The quantitative estimate of drug-likeness (QED) is 0.907. The summed E-state index contributed by atoms with van der Waals surface area (Å²) < 4.78 is 10.8. The van der Waals surface area contributed by atoms with E-state index in [-0.39, 0.29) is 18.3 Å². The Morgan fingerprint density at radius 2 is 2.20 bits per heavy atom. The van der Waals surface area contributed by atoms with Crippen LogP contribution in [0, 0.1) is 17.2 Å². The van der Waals surface area contributed by atoms with Crippen molar-refractivity contribution in [1.29, 1.82) is 5.26 Å². The van der Waals surface area contributed by atoms with Crippen LogP contribution in [0.25, 0.3) is 11.0 Å². The zero-order chi connectivity index (χ0) is 14.5. The van der Waals surface area contributed by atoms with Crippen LogP contribution in [-0.2, 0) is 4.79 Å². The van der Waals surface area contributed by atoms with Gasteiger partial charge < -0.3 is 14.5 Å². The van der Waals surface area contributed by atoms with E-state index in [1.165, 1.54) is 0 Å². The molecule has 0 spiro atoms. The third-order valence-corrected chi connectivity index (χ3v) is 2.71. The molecule has 1 aromatic carbocycles. The fourth-order valence-electron chi connectivity index (χ4n) is 1.75. The number of nitrogens with one attached hydrogen (secondary N) is 1. The molecule has 1 N–H and O–H groups in total. The summed E-state index contributed by atoms with van der Waals surface area (Å²) in [6, 6.07) is 9.12. The average Bonchev–Trinajstić information content (AvgIpc) is 2.80. The number of ether oxygens (including phenoxy) is 1. The molecular formula is C15H16N2O3. The second-order valence-electron chi connectivity index (χ2n) is 4.85. The van der Waals surface area contributed by atoms with Crippen LogP contribution in [0.2, 0.25) is 0 Å². The van der Waals surface area contributed by atoms with Crippen LogP contribution in [0.3, 0.4) is 0 Å². The number of para-hydroxylation sites is 1. The molecule has 0 saturated carbocycles. The maximum absolute atomic E-state index is 11.6. The number of carbonyl (C=O) groups excluding carboxylic acids is 1. The Labute approximate surface area is 117 Å². The zero-order valence-electron chi connectivity index (χ0n) is 11.5. The van der Waals surface area contributed by atoms with Crippen molar-refractivity contribution >= 4 is 16.9 Å². The van der Waals surface area contributed by atoms with Crippen molar-refractivity contribution in [2.45, 2.75) is 13.8 Å². The van der Waals surface area contributed by atoms with Crippen molar-refractivity contribution in [2.75, 3.05) is 13.2 Å². The number of nitriles is 1. The van der Waals surface area contributed by atoms with Crippen molar-refractivity contribution in [2.24, 2.45) is 5.92 Å². The third kappa shape index (κ3) is 3.09. The van der Waals surface area contributed by atoms with Crippen LogP contribution in [0.4, 0.5) is 0 Å². The van der Waals surface area contributed by atoms with E-state index < -0.39 is 0 Å². The fourth-order valence-corrected chi connectivity index (χ4v) is 1.75. The lowest BCUT2D eigenvalue weighted by Crippen LogP contribution is -2.31. The molecule has 5 heteroatoms. The van der Waals surface area contributed by atoms with E-state index in [0.29, 0.717) is 29.2 Å². The van der Waals surface area contributed by atoms with Gasteiger partial charge in [0.15, 0.2) is 12.4 Å². The number of amides is 1. The first-order valence-electron chi connectivity index (χ1n) is 6.43. The normalized spacial score (nSPS) is 10.5. The molecule has 1 amide bonds. The molecule has 1 heterocycles. The summed E-state index contributed by atoms with van der Waals surface area (Å²) in [5, 5.41) is 12.5. The Hall–Kier alpha value is -2.48. The van der Waals surface area contributed by atoms with Crippen LogP contribution in [0.15, 0.2) is 28.7 Å². The lowest BCUT2D eigenvalue weighted by molar-refractivity contribution is -0.123. The van der Waals surface area contributed by atoms with E-state index in [9.17, 15) is 4.79 Å². The maximum Gasteiger partial charge on any atom is 0.257 e. The van der Waals surface area contributed by atoms with Gasteiger partial charge in [0.05, 0.1) is 5.39 Å². The summed E-state index contributed by atoms with van der Waals surface area (Å²) in [5.41, 5.74) is 0.571. The van der Waals surface area contributed by atoms with Crippen molar-refractivity contribution in [3.05, 3.63) is 30.0 Å². The Kier molecular flexibility index (Phi) is 4.26. The van der Waals surface area contributed by atoms with Gasteiger partial charge in [0, 0.05) is 6.54 Å². The van der Waals surface area contributed by atoms with Crippen LogP contribution < -0.4 is 10.1 Å². The Balaban J connectivity index is 2.10. The fraction of sp³-hybridized carbons (Fsp3) is 0.333. The average molecular weight is 272 g/mol. The molecule has 0 saturated heterocycles. The van der Waals surface area contributed by atoms with E-state index in [1.807, 2.05) is 32.0 Å². The van der Waals surface area contributed by atoms with E-state index in [0.717, 1.165) is 0 Å². The number of hydrogen-bond acceptors (Lipinski definition) is 4. The monoisotopic (exact) mass is 272 g/mol. The molecular weight excluding hydrogens is 256 g/mol. The minimum atomic E-state index is -0.215. The lowest BCUT2D eigenvalue weighted by atomic mass is 10.2. The predicted octanol–water partition coefficient (Wildman–Crippen LogP) is 2.46. The van der Waals surface area contributed by atoms with Crippen molar-refractivity contribution in [3.63, 3.8) is 0 Å². The minimum Gasteiger partial charge on any atom is -0.478 e. The van der Waals surface area contributed by atoms with Gasteiger partial charge in [0.2, 0.25) is 5.76 Å². The first kappa shape index (κ1) is 13.9. The van der Waals surface area contributed by atoms with Crippen LogP contribution in [-0.4, -0.2) is 19.1 Å². The molecule has 0 aliphatic rings. The van der Waals surface area contributed by atoms with Crippen LogP contribution in [0.1, 0.15) is 19.6 Å². The smallest absolute Gasteiger partial charge is 0.257 e. The van der Waals surface area contributed by atoms with E-state index in [2.05, 4.69) is 5.32 Å². The molecule has 0 bridgehead atoms. The molecule has 0 radical (unpaired) electrons. The molecule has 0 fully saturated rings. The van der Waals surface area contributed by atoms with Gasteiger partial charge in [-0.1, -0.05) is 26.0 Å². The number of furan rings is 1. The highest BCUT2D eigenvalue weighted by Gasteiger charge is 2.16. The van der Waals surface area contributed by atoms with Gasteiger partial charge in [0.25, 0.3) is 5.91 Å². The Morgan fingerprint density at radius 3 is 2.90 bits per heavy atom. The summed E-state index contributed by atoms with van der Waals surface area (Å²) in [7, 11) is 0. The zero-order valence-corrected chi connectivity index (χ0v) is 11.5. The maximum atomic E-state index is 11.6. The first-order chi connectivity index (χ1) is 9.61. The molecule has 2 aromatic rings. The highest BCUT2D eigenvalue weighted by atomic mass is 16.5. The topological polar surface area (TPSA) is 75.3 Å². The van der Waals surface area contributed by atoms with Gasteiger partial charge in [-0.25, -0.2) is 0 Å². The van der Waals surface area contributed by atoms with Crippen LogP contribution >= 0.6 is 0 Å².